The molecule has 4 nitrogen and oxygen atoms in total. The van der Waals surface area contributed by atoms with Crippen LogP contribution in [0.2, 0.25) is 0 Å². The first-order valence-corrected chi connectivity index (χ1v) is 10.4. The van der Waals surface area contributed by atoms with Gasteiger partial charge in [0.25, 0.3) is 5.91 Å². The molecule has 0 atom stereocenters. The van der Waals surface area contributed by atoms with Crippen molar-refractivity contribution in [2.24, 2.45) is 0 Å². The SMILES string of the molecule is O=C(c1ccccc1F)N1CCN(C(=O)C2(c3ccc(Br)cc3)CCC2)CC1. The molecule has 0 unspecified atom stereocenters. The molecule has 1 saturated heterocycles. The first-order chi connectivity index (χ1) is 13.5. The number of carbonyl (C=O) groups excluding carboxylic acids is 2. The predicted octanol–water partition coefficient (Wildman–Crippen LogP) is 3.99. The molecule has 6 heteroatoms. The minimum absolute atomic E-state index is 0.0904. The molecule has 1 heterocycles. The fraction of sp³-hybridized carbons (Fsp3) is 0.364. The summed E-state index contributed by atoms with van der Waals surface area (Å²) in [7, 11) is 0. The molecule has 1 aliphatic carbocycles. The van der Waals surface area contributed by atoms with Crippen molar-refractivity contribution >= 4 is 27.7 Å². The van der Waals surface area contributed by atoms with Gasteiger partial charge in [0, 0.05) is 30.7 Å². The third-order valence-corrected chi connectivity index (χ3v) is 6.50. The fourth-order valence-corrected chi connectivity index (χ4v) is 4.41. The van der Waals surface area contributed by atoms with Gasteiger partial charge in [-0.1, -0.05) is 46.6 Å². The van der Waals surface area contributed by atoms with E-state index in [0.717, 1.165) is 29.3 Å². The summed E-state index contributed by atoms with van der Waals surface area (Å²) in [5.74, 6) is -0.662. The fourth-order valence-electron chi connectivity index (χ4n) is 4.15. The number of benzene rings is 2. The molecule has 2 aliphatic rings. The van der Waals surface area contributed by atoms with Gasteiger partial charge in [0.05, 0.1) is 11.0 Å². The standard InChI is InChI=1S/C22H22BrFN2O2/c23-17-8-6-16(7-9-17)22(10-3-11-22)21(28)26-14-12-25(13-15-26)20(27)18-4-1-2-5-19(18)24/h1-2,4-9H,3,10-15H2. The van der Waals surface area contributed by atoms with Crippen LogP contribution in [0.3, 0.4) is 0 Å². The zero-order chi connectivity index (χ0) is 19.7. The second-order valence-corrected chi connectivity index (χ2v) is 8.42. The van der Waals surface area contributed by atoms with Gasteiger partial charge >= 0.3 is 0 Å². The molecule has 0 radical (unpaired) electrons. The molecule has 2 amide bonds. The maximum atomic E-state index is 13.9. The number of hydrogen-bond donors (Lipinski definition) is 0. The average molecular weight is 445 g/mol. The molecule has 0 bridgehead atoms. The molecule has 2 fully saturated rings. The summed E-state index contributed by atoms with van der Waals surface area (Å²) in [6.07, 6.45) is 2.78. The largest absolute Gasteiger partial charge is 0.338 e. The molecule has 0 N–H and O–H groups in total. The summed E-state index contributed by atoms with van der Waals surface area (Å²) in [5, 5.41) is 0. The number of rotatable bonds is 3. The third-order valence-electron chi connectivity index (χ3n) is 5.97. The van der Waals surface area contributed by atoms with E-state index in [1.54, 1.807) is 17.0 Å². The number of hydrogen-bond acceptors (Lipinski definition) is 2. The summed E-state index contributed by atoms with van der Waals surface area (Å²) in [5.41, 5.74) is 0.725. The van der Waals surface area contributed by atoms with Crippen molar-refractivity contribution in [3.8, 4) is 0 Å². The highest BCUT2D eigenvalue weighted by Gasteiger charge is 2.48. The Balaban J connectivity index is 1.44. The normalized spacial score (nSPS) is 18.5. The van der Waals surface area contributed by atoms with Crippen molar-refractivity contribution in [3.05, 3.63) is 69.9 Å². The molecule has 0 aromatic heterocycles. The molecule has 1 aliphatic heterocycles. The van der Waals surface area contributed by atoms with Crippen LogP contribution in [-0.2, 0) is 10.2 Å². The van der Waals surface area contributed by atoms with Crippen LogP contribution < -0.4 is 0 Å². The van der Waals surface area contributed by atoms with Gasteiger partial charge in [-0.05, 0) is 42.7 Å². The van der Waals surface area contributed by atoms with Gasteiger partial charge in [0.15, 0.2) is 0 Å². The Bertz CT molecular complexity index is 888. The van der Waals surface area contributed by atoms with Crippen LogP contribution in [0.4, 0.5) is 4.39 Å². The van der Waals surface area contributed by atoms with Crippen LogP contribution in [0.15, 0.2) is 53.0 Å². The second kappa shape index (κ2) is 7.66. The lowest BCUT2D eigenvalue weighted by atomic mass is 9.63. The van der Waals surface area contributed by atoms with Crippen LogP contribution in [-0.4, -0.2) is 47.8 Å². The van der Waals surface area contributed by atoms with Gasteiger partial charge in [0.1, 0.15) is 5.82 Å². The van der Waals surface area contributed by atoms with Gasteiger partial charge in [-0.3, -0.25) is 9.59 Å². The summed E-state index contributed by atoms with van der Waals surface area (Å²) in [4.78, 5) is 29.4. The van der Waals surface area contributed by atoms with Crippen molar-refractivity contribution in [1.82, 2.24) is 9.80 Å². The van der Waals surface area contributed by atoms with Crippen molar-refractivity contribution in [2.45, 2.75) is 24.7 Å². The van der Waals surface area contributed by atoms with Crippen LogP contribution in [0.5, 0.6) is 0 Å². The van der Waals surface area contributed by atoms with E-state index in [9.17, 15) is 14.0 Å². The van der Waals surface area contributed by atoms with Crippen molar-refractivity contribution in [3.63, 3.8) is 0 Å². The van der Waals surface area contributed by atoms with Gasteiger partial charge in [-0.25, -0.2) is 4.39 Å². The summed E-state index contributed by atoms with van der Waals surface area (Å²) < 4.78 is 14.9. The maximum Gasteiger partial charge on any atom is 0.256 e. The monoisotopic (exact) mass is 444 g/mol. The Morgan fingerprint density at radius 1 is 0.893 bits per heavy atom. The first-order valence-electron chi connectivity index (χ1n) is 9.60. The lowest BCUT2D eigenvalue weighted by Crippen LogP contribution is -2.57. The zero-order valence-electron chi connectivity index (χ0n) is 15.5. The molecule has 4 rings (SSSR count). The maximum absolute atomic E-state index is 13.9. The minimum Gasteiger partial charge on any atom is -0.338 e. The van der Waals surface area contributed by atoms with Gasteiger partial charge < -0.3 is 9.80 Å². The number of carbonyl (C=O) groups is 2. The van der Waals surface area contributed by atoms with Crippen LogP contribution in [0.1, 0.15) is 35.2 Å². The van der Waals surface area contributed by atoms with Gasteiger partial charge in [-0.2, -0.15) is 0 Å². The van der Waals surface area contributed by atoms with Crippen LogP contribution >= 0.6 is 15.9 Å². The molecule has 2 aromatic rings. The molecule has 28 heavy (non-hydrogen) atoms. The molecule has 2 aromatic carbocycles. The molecular weight excluding hydrogens is 423 g/mol. The first kappa shape index (κ1) is 19.1. The van der Waals surface area contributed by atoms with E-state index in [0.29, 0.717) is 26.2 Å². The molecule has 1 saturated carbocycles. The van der Waals surface area contributed by atoms with E-state index < -0.39 is 11.2 Å². The van der Waals surface area contributed by atoms with Crippen molar-refractivity contribution in [1.29, 1.82) is 0 Å². The van der Waals surface area contributed by atoms with Gasteiger partial charge in [-0.15, -0.1) is 0 Å². The van der Waals surface area contributed by atoms with E-state index in [-0.39, 0.29) is 17.4 Å². The predicted molar refractivity (Wildman–Crippen MR) is 109 cm³/mol. The lowest BCUT2D eigenvalue weighted by molar-refractivity contribution is -0.142. The van der Waals surface area contributed by atoms with E-state index in [4.69, 9.17) is 0 Å². The van der Waals surface area contributed by atoms with Crippen molar-refractivity contribution in [2.75, 3.05) is 26.2 Å². The Morgan fingerprint density at radius 3 is 2.07 bits per heavy atom. The zero-order valence-corrected chi connectivity index (χ0v) is 17.1. The summed E-state index contributed by atoms with van der Waals surface area (Å²) in [6.45, 7) is 1.82. The average Bonchev–Trinajstić information content (AvgIpc) is 2.68. The molecule has 146 valence electrons. The van der Waals surface area contributed by atoms with E-state index in [2.05, 4.69) is 15.9 Å². The second-order valence-electron chi connectivity index (χ2n) is 7.51. The van der Waals surface area contributed by atoms with E-state index in [1.165, 1.54) is 12.1 Å². The number of nitrogens with zero attached hydrogens (tertiary/aromatic N) is 2. The Hall–Kier alpha value is -2.21. The smallest absolute Gasteiger partial charge is 0.256 e. The van der Waals surface area contributed by atoms with E-state index in [1.807, 2.05) is 29.2 Å². The number of piperazine rings is 1. The Labute approximate surface area is 172 Å². The summed E-state index contributed by atoms with van der Waals surface area (Å²) >= 11 is 3.45. The highest BCUT2D eigenvalue weighted by molar-refractivity contribution is 9.10. The number of amides is 2. The highest BCUT2D eigenvalue weighted by atomic mass is 79.9. The minimum atomic E-state index is -0.505. The van der Waals surface area contributed by atoms with Crippen LogP contribution in [0, 0.1) is 5.82 Å². The summed E-state index contributed by atoms with van der Waals surface area (Å²) in [6, 6.07) is 14.1. The number of halogens is 2. The van der Waals surface area contributed by atoms with Crippen LogP contribution in [0.25, 0.3) is 0 Å². The van der Waals surface area contributed by atoms with E-state index >= 15 is 0 Å². The van der Waals surface area contributed by atoms with Gasteiger partial charge in [0.2, 0.25) is 5.91 Å². The molecule has 0 spiro atoms. The highest BCUT2D eigenvalue weighted by Crippen LogP contribution is 2.45. The quantitative estimate of drug-likeness (QED) is 0.717. The van der Waals surface area contributed by atoms with Crippen molar-refractivity contribution < 1.29 is 14.0 Å². The topological polar surface area (TPSA) is 40.6 Å². The Kier molecular flexibility index (Phi) is 5.23. The third kappa shape index (κ3) is 3.34. The molecular formula is C22H22BrFN2O2. The lowest BCUT2D eigenvalue weighted by Gasteiger charge is -2.46. The Morgan fingerprint density at radius 2 is 1.50 bits per heavy atom.